The molecule has 0 N–H and O–H groups in total. The third-order valence-electron chi connectivity index (χ3n) is 2.80. The van der Waals surface area contributed by atoms with Crippen LogP contribution in [0.15, 0.2) is 11.9 Å². The van der Waals surface area contributed by atoms with Gasteiger partial charge < -0.3 is 0 Å². The Morgan fingerprint density at radius 3 is 1.22 bits per heavy atom. The molecule has 0 bridgehead atoms. The highest BCUT2D eigenvalue weighted by Gasteiger charge is 2.80. The second kappa shape index (κ2) is 6.95. The van der Waals surface area contributed by atoms with Crippen molar-refractivity contribution in [2.75, 3.05) is 0 Å². The SMILES string of the molecule is F/C(=C\CC(F)(F)C(F)(F)C(F)(F)C(F)(F)Cl)C(F)(F)C(F)(F)C(F)(F)Cl. The Morgan fingerprint density at radius 2 is 0.926 bits per heavy atom. The molecule has 0 aromatic carbocycles. The minimum atomic E-state index is -7.11. The van der Waals surface area contributed by atoms with Crippen LogP contribution in [0.5, 0.6) is 0 Å². The molecular formula is C10H3Cl2F15. The minimum Gasteiger partial charge on any atom is -0.205 e. The summed E-state index contributed by atoms with van der Waals surface area (Å²) in [5, 5.41) is -12.5. The van der Waals surface area contributed by atoms with Gasteiger partial charge in [-0.3, -0.25) is 0 Å². The van der Waals surface area contributed by atoms with Crippen molar-refractivity contribution in [3.05, 3.63) is 11.9 Å². The summed E-state index contributed by atoms with van der Waals surface area (Å²) in [6.07, 6.45) is -4.90. The zero-order valence-corrected chi connectivity index (χ0v) is 13.2. The third-order valence-corrected chi connectivity index (χ3v) is 3.27. The van der Waals surface area contributed by atoms with Crippen molar-refractivity contribution in [1.82, 2.24) is 0 Å². The number of alkyl halides is 16. The van der Waals surface area contributed by atoms with Crippen LogP contribution in [0, 0.1) is 0 Å². The van der Waals surface area contributed by atoms with E-state index in [2.05, 4.69) is 23.2 Å². The maximum absolute atomic E-state index is 13.1. The molecular weight excluding hydrogens is 476 g/mol. The second-order valence-corrected chi connectivity index (χ2v) is 5.70. The number of hydrogen-bond donors (Lipinski definition) is 0. The fourth-order valence-electron chi connectivity index (χ4n) is 1.21. The molecule has 0 aromatic rings. The highest BCUT2D eigenvalue weighted by molar-refractivity contribution is 6.22. The van der Waals surface area contributed by atoms with Crippen LogP contribution in [0.2, 0.25) is 0 Å². The van der Waals surface area contributed by atoms with Crippen molar-refractivity contribution in [3.63, 3.8) is 0 Å². The van der Waals surface area contributed by atoms with Crippen molar-refractivity contribution in [1.29, 1.82) is 0 Å². The summed E-state index contributed by atoms with van der Waals surface area (Å²) < 4.78 is 190. The summed E-state index contributed by atoms with van der Waals surface area (Å²) in [6.45, 7) is 0. The van der Waals surface area contributed by atoms with E-state index in [9.17, 15) is 65.9 Å². The summed E-state index contributed by atoms with van der Waals surface area (Å²) in [7, 11) is 0. The standard InChI is InChI=1S/C10H3Cl2F15/c11-9(24,25)7(20,21)5(16,17)3(13)1-2-4(14,15)6(18,19)8(22,23)10(12,26)27/h1H,2H2/b3-1-. The summed E-state index contributed by atoms with van der Waals surface area (Å²) in [5.41, 5.74) is 0. The molecule has 0 radical (unpaired) electrons. The normalized spacial score (nSPS) is 16.7. The Kier molecular flexibility index (Phi) is 6.76. The molecule has 0 aliphatic heterocycles. The molecule has 0 unspecified atom stereocenters. The molecule has 0 rings (SSSR count). The number of halogens is 17. The van der Waals surface area contributed by atoms with E-state index >= 15 is 0 Å². The lowest BCUT2D eigenvalue weighted by atomic mass is 10.00. The number of hydrogen-bond acceptors (Lipinski definition) is 0. The molecule has 0 spiro atoms. The van der Waals surface area contributed by atoms with Gasteiger partial charge in [0.1, 0.15) is 0 Å². The Morgan fingerprint density at radius 1 is 0.593 bits per heavy atom. The molecule has 0 aliphatic carbocycles. The first-order valence-corrected chi connectivity index (χ1v) is 6.52. The molecule has 0 saturated heterocycles. The van der Waals surface area contributed by atoms with Crippen molar-refractivity contribution in [3.8, 4) is 0 Å². The molecule has 0 aromatic heterocycles. The Balaban J connectivity index is 5.91. The van der Waals surface area contributed by atoms with E-state index in [1.54, 1.807) is 0 Å². The molecule has 0 amide bonds. The lowest BCUT2D eigenvalue weighted by Gasteiger charge is -2.34. The van der Waals surface area contributed by atoms with Gasteiger partial charge in [0.25, 0.3) is 0 Å². The summed E-state index contributed by atoms with van der Waals surface area (Å²) in [5.74, 6) is -38.0. The van der Waals surface area contributed by atoms with Gasteiger partial charge in [0.2, 0.25) is 0 Å². The zero-order valence-electron chi connectivity index (χ0n) is 11.7. The molecule has 162 valence electrons. The van der Waals surface area contributed by atoms with Crippen molar-refractivity contribution in [2.24, 2.45) is 0 Å². The Labute approximate surface area is 148 Å². The molecule has 0 heterocycles. The zero-order chi connectivity index (χ0) is 22.5. The average molecular weight is 479 g/mol. The van der Waals surface area contributed by atoms with Gasteiger partial charge in [-0.05, 0) is 29.3 Å². The van der Waals surface area contributed by atoms with Crippen molar-refractivity contribution < 1.29 is 65.9 Å². The van der Waals surface area contributed by atoms with E-state index in [4.69, 9.17) is 0 Å². The van der Waals surface area contributed by atoms with Gasteiger partial charge in [-0.15, -0.1) is 0 Å². The third kappa shape index (κ3) is 4.32. The maximum atomic E-state index is 13.1. The van der Waals surface area contributed by atoms with Gasteiger partial charge in [0.05, 0.1) is 0 Å². The lowest BCUT2D eigenvalue weighted by molar-refractivity contribution is -0.347. The molecule has 0 atom stereocenters. The van der Waals surface area contributed by atoms with Crippen LogP contribution in [-0.2, 0) is 0 Å². The summed E-state index contributed by atoms with van der Waals surface area (Å²) in [6, 6.07) is 0. The van der Waals surface area contributed by atoms with Crippen molar-refractivity contribution >= 4 is 23.2 Å². The Bertz CT molecular complexity index is 568. The quantitative estimate of drug-likeness (QED) is 0.258. The highest BCUT2D eigenvalue weighted by Crippen LogP contribution is 2.56. The fourth-order valence-corrected chi connectivity index (χ4v) is 1.45. The maximum Gasteiger partial charge on any atom is 0.393 e. The van der Waals surface area contributed by atoms with E-state index in [1.165, 1.54) is 0 Å². The molecule has 27 heavy (non-hydrogen) atoms. The van der Waals surface area contributed by atoms with Crippen LogP contribution >= 0.6 is 23.2 Å². The smallest absolute Gasteiger partial charge is 0.205 e. The van der Waals surface area contributed by atoms with Gasteiger partial charge in [-0.2, -0.15) is 61.5 Å². The van der Waals surface area contributed by atoms with Crippen LogP contribution in [0.3, 0.4) is 0 Å². The second-order valence-electron chi connectivity index (χ2n) is 4.75. The molecule has 0 saturated carbocycles. The van der Waals surface area contributed by atoms with Crippen LogP contribution in [-0.4, -0.2) is 40.4 Å². The number of allylic oxidation sites excluding steroid dienone is 2. The van der Waals surface area contributed by atoms with E-state index in [0.717, 1.165) is 0 Å². The van der Waals surface area contributed by atoms with Crippen LogP contribution < -0.4 is 0 Å². The first kappa shape index (κ1) is 26.3. The van der Waals surface area contributed by atoms with Gasteiger partial charge in [-0.1, -0.05) is 0 Å². The lowest BCUT2D eigenvalue weighted by Crippen LogP contribution is -2.60. The predicted molar refractivity (Wildman–Crippen MR) is 60.1 cm³/mol. The van der Waals surface area contributed by atoms with E-state index in [1.807, 2.05) is 0 Å². The largest absolute Gasteiger partial charge is 0.393 e. The Hall–Kier alpha value is -0.730. The van der Waals surface area contributed by atoms with Gasteiger partial charge in [-0.25, -0.2) is 4.39 Å². The molecule has 0 aliphatic rings. The van der Waals surface area contributed by atoms with Gasteiger partial charge in [0, 0.05) is 6.42 Å². The van der Waals surface area contributed by atoms with Gasteiger partial charge in [0.15, 0.2) is 5.83 Å². The van der Waals surface area contributed by atoms with Gasteiger partial charge >= 0.3 is 40.4 Å². The topological polar surface area (TPSA) is 0 Å². The molecule has 17 heteroatoms. The van der Waals surface area contributed by atoms with E-state index < -0.39 is 58.7 Å². The minimum absolute atomic E-state index is 1.59. The predicted octanol–water partition coefficient (Wildman–Crippen LogP) is 7.07. The summed E-state index contributed by atoms with van der Waals surface area (Å²) in [4.78, 5) is 0. The highest BCUT2D eigenvalue weighted by atomic mass is 35.5. The van der Waals surface area contributed by atoms with Crippen molar-refractivity contribution in [2.45, 2.75) is 46.8 Å². The van der Waals surface area contributed by atoms with E-state index in [-0.39, 0.29) is 0 Å². The van der Waals surface area contributed by atoms with Crippen LogP contribution in [0.1, 0.15) is 6.42 Å². The monoisotopic (exact) mass is 478 g/mol. The van der Waals surface area contributed by atoms with E-state index in [0.29, 0.717) is 0 Å². The summed E-state index contributed by atoms with van der Waals surface area (Å²) >= 11 is 7.16. The molecule has 0 fully saturated rings. The first-order chi connectivity index (χ1) is 11.4. The van der Waals surface area contributed by atoms with Crippen LogP contribution in [0.4, 0.5) is 65.9 Å². The molecule has 0 nitrogen and oxygen atoms in total. The number of rotatable bonds is 8. The van der Waals surface area contributed by atoms with Crippen LogP contribution in [0.25, 0.3) is 0 Å². The average Bonchev–Trinajstić information content (AvgIpc) is 2.41. The fraction of sp³-hybridized carbons (Fsp3) is 0.800. The first-order valence-electron chi connectivity index (χ1n) is 5.76.